The molecule has 1 fully saturated rings. The molecule has 0 aliphatic carbocycles. The molecule has 3 N–H and O–H groups in total. The van der Waals surface area contributed by atoms with E-state index in [0.717, 1.165) is 0 Å². The summed E-state index contributed by atoms with van der Waals surface area (Å²) in [7, 11) is 0. The molecule has 8 heteroatoms. The number of nitrogens with one attached hydrogen (secondary N) is 2. The molecule has 2 unspecified atom stereocenters. The van der Waals surface area contributed by atoms with Crippen molar-refractivity contribution in [3.05, 3.63) is 24.3 Å². The summed E-state index contributed by atoms with van der Waals surface area (Å²) in [5.74, 6) is -0.447. The Bertz CT molecular complexity index is 496. The molecule has 2 rings (SSSR count). The Morgan fingerprint density at radius 2 is 2.10 bits per heavy atom. The van der Waals surface area contributed by atoms with Gasteiger partial charge in [0, 0.05) is 11.4 Å². The second-order valence-corrected chi connectivity index (χ2v) is 5.49. The van der Waals surface area contributed by atoms with Gasteiger partial charge < -0.3 is 15.7 Å². The van der Waals surface area contributed by atoms with Gasteiger partial charge in [0.25, 0.3) is 0 Å². The first-order chi connectivity index (χ1) is 9.35. The number of rotatable bonds is 3. The van der Waals surface area contributed by atoms with Gasteiger partial charge in [-0.25, -0.2) is 0 Å². The lowest BCUT2D eigenvalue weighted by atomic mass is 10.2. The fraction of sp³-hybridized carbons (Fsp3) is 0.417. The Labute approximate surface area is 117 Å². The maximum Gasteiger partial charge on any atom is 0.446 e. The quantitative estimate of drug-likeness (QED) is 0.747. The summed E-state index contributed by atoms with van der Waals surface area (Å²) in [6.07, 6.45) is -0.356. The number of thioether (sulfide) groups is 1. The molecule has 0 radical (unpaired) electrons. The van der Waals surface area contributed by atoms with E-state index in [1.165, 1.54) is 18.2 Å². The number of para-hydroxylation sites is 1. The molecule has 0 saturated carbocycles. The van der Waals surface area contributed by atoms with Gasteiger partial charge >= 0.3 is 5.51 Å². The Morgan fingerprint density at radius 3 is 2.70 bits per heavy atom. The number of aliphatic hydroxyl groups is 1. The highest BCUT2D eigenvalue weighted by Crippen LogP contribution is 2.40. The lowest BCUT2D eigenvalue weighted by molar-refractivity contribution is -0.118. The number of anilines is 1. The SMILES string of the molecule is O=C(Nc1ccccc1SC(F)(F)F)C1CC(O)CN1. The molecule has 1 heterocycles. The number of carbonyl (C=O) groups is 1. The third-order valence-electron chi connectivity index (χ3n) is 2.79. The van der Waals surface area contributed by atoms with Gasteiger partial charge in [0.15, 0.2) is 0 Å². The minimum Gasteiger partial charge on any atom is -0.392 e. The fourth-order valence-electron chi connectivity index (χ4n) is 1.92. The summed E-state index contributed by atoms with van der Waals surface area (Å²) in [6.45, 7) is 0.303. The number of hydrogen-bond donors (Lipinski definition) is 3. The van der Waals surface area contributed by atoms with Gasteiger partial charge in [-0.15, -0.1) is 0 Å². The van der Waals surface area contributed by atoms with Crippen molar-refractivity contribution >= 4 is 23.4 Å². The molecule has 20 heavy (non-hydrogen) atoms. The second kappa shape index (κ2) is 6.02. The van der Waals surface area contributed by atoms with E-state index in [1.807, 2.05) is 0 Å². The molecular weight excluding hydrogens is 293 g/mol. The molecular formula is C12H13F3N2O2S. The zero-order valence-electron chi connectivity index (χ0n) is 10.3. The number of benzene rings is 1. The summed E-state index contributed by atoms with van der Waals surface area (Å²) in [5, 5.41) is 14.6. The number of amides is 1. The molecule has 0 bridgehead atoms. The molecule has 1 aliphatic heterocycles. The van der Waals surface area contributed by atoms with Crippen molar-refractivity contribution in [1.82, 2.24) is 5.32 Å². The Hall–Kier alpha value is -1.25. The zero-order chi connectivity index (χ0) is 14.8. The van der Waals surface area contributed by atoms with Gasteiger partial charge in [0.05, 0.1) is 17.8 Å². The van der Waals surface area contributed by atoms with Gasteiger partial charge in [0.1, 0.15) is 0 Å². The lowest BCUT2D eigenvalue weighted by Gasteiger charge is -2.14. The number of hydrogen-bond acceptors (Lipinski definition) is 4. The van der Waals surface area contributed by atoms with Gasteiger partial charge in [0.2, 0.25) is 5.91 Å². The first kappa shape index (κ1) is 15.1. The Morgan fingerprint density at radius 1 is 1.40 bits per heavy atom. The first-order valence-electron chi connectivity index (χ1n) is 5.92. The van der Waals surface area contributed by atoms with E-state index in [2.05, 4.69) is 10.6 Å². The van der Waals surface area contributed by atoms with E-state index in [-0.39, 0.29) is 28.8 Å². The van der Waals surface area contributed by atoms with Crippen LogP contribution in [0.2, 0.25) is 0 Å². The van der Waals surface area contributed by atoms with Crippen LogP contribution in [0.15, 0.2) is 29.2 Å². The molecule has 0 aromatic heterocycles. The Balaban J connectivity index is 2.07. The third-order valence-corrected chi connectivity index (χ3v) is 3.60. The maximum atomic E-state index is 12.4. The summed E-state index contributed by atoms with van der Waals surface area (Å²) in [4.78, 5) is 11.8. The van der Waals surface area contributed by atoms with Crippen molar-refractivity contribution in [3.63, 3.8) is 0 Å². The molecule has 1 saturated heterocycles. The van der Waals surface area contributed by atoms with Gasteiger partial charge in [-0.1, -0.05) is 12.1 Å². The number of β-amino-alcohol motifs (C(OH)–C–C–N with tert-alkyl or cyclic N) is 1. The highest BCUT2D eigenvalue weighted by molar-refractivity contribution is 8.00. The zero-order valence-corrected chi connectivity index (χ0v) is 11.1. The number of carbonyl (C=O) groups excluding carboxylic acids is 1. The van der Waals surface area contributed by atoms with Crippen LogP contribution in [0.5, 0.6) is 0 Å². The van der Waals surface area contributed by atoms with Crippen LogP contribution >= 0.6 is 11.8 Å². The van der Waals surface area contributed by atoms with E-state index >= 15 is 0 Å². The van der Waals surface area contributed by atoms with Crippen molar-refractivity contribution < 1.29 is 23.1 Å². The Kier molecular flexibility index (Phi) is 4.56. The number of halogens is 3. The number of alkyl halides is 3. The third kappa shape index (κ3) is 4.12. The normalized spacial score (nSPS) is 22.8. The fourth-order valence-corrected chi connectivity index (χ4v) is 2.55. The molecule has 2 atom stereocenters. The van der Waals surface area contributed by atoms with Crippen LogP contribution in [0.1, 0.15) is 6.42 Å². The predicted molar refractivity (Wildman–Crippen MR) is 69.4 cm³/mol. The van der Waals surface area contributed by atoms with E-state index in [1.54, 1.807) is 6.07 Å². The van der Waals surface area contributed by atoms with Gasteiger partial charge in [-0.2, -0.15) is 13.2 Å². The van der Waals surface area contributed by atoms with Crippen LogP contribution in [-0.2, 0) is 4.79 Å². The van der Waals surface area contributed by atoms with Crippen LogP contribution in [0.3, 0.4) is 0 Å². The standard InChI is InChI=1S/C12H13F3N2O2S/c13-12(14,15)20-10-4-2-1-3-8(10)17-11(19)9-5-7(18)6-16-9/h1-4,7,9,16,18H,5-6H2,(H,17,19). The van der Waals surface area contributed by atoms with Crippen molar-refractivity contribution in [1.29, 1.82) is 0 Å². The molecule has 1 aliphatic rings. The van der Waals surface area contributed by atoms with Crippen LogP contribution in [-0.4, -0.2) is 35.2 Å². The molecule has 4 nitrogen and oxygen atoms in total. The molecule has 1 amide bonds. The number of aliphatic hydroxyl groups excluding tert-OH is 1. The summed E-state index contributed by atoms with van der Waals surface area (Å²) in [6, 6.07) is 5.14. The van der Waals surface area contributed by atoms with Crippen LogP contribution in [0, 0.1) is 0 Å². The van der Waals surface area contributed by atoms with E-state index in [0.29, 0.717) is 6.54 Å². The largest absolute Gasteiger partial charge is 0.446 e. The maximum absolute atomic E-state index is 12.4. The average Bonchev–Trinajstić information content (AvgIpc) is 2.77. The molecule has 0 spiro atoms. The van der Waals surface area contributed by atoms with Gasteiger partial charge in [-0.05, 0) is 30.3 Å². The predicted octanol–water partition coefficient (Wildman–Crippen LogP) is 1.96. The van der Waals surface area contributed by atoms with E-state index in [4.69, 9.17) is 0 Å². The van der Waals surface area contributed by atoms with Crippen LogP contribution in [0.25, 0.3) is 0 Å². The van der Waals surface area contributed by atoms with Crippen molar-refractivity contribution in [2.24, 2.45) is 0 Å². The lowest BCUT2D eigenvalue weighted by Crippen LogP contribution is -2.35. The van der Waals surface area contributed by atoms with Crippen molar-refractivity contribution in [2.75, 3.05) is 11.9 Å². The van der Waals surface area contributed by atoms with Crippen LogP contribution in [0.4, 0.5) is 18.9 Å². The average molecular weight is 306 g/mol. The summed E-state index contributed by atoms with van der Waals surface area (Å²) < 4.78 is 37.2. The van der Waals surface area contributed by atoms with Crippen LogP contribution < -0.4 is 10.6 Å². The highest BCUT2D eigenvalue weighted by atomic mass is 32.2. The van der Waals surface area contributed by atoms with Gasteiger partial charge in [-0.3, -0.25) is 4.79 Å². The van der Waals surface area contributed by atoms with E-state index in [9.17, 15) is 23.1 Å². The smallest absolute Gasteiger partial charge is 0.392 e. The minimum atomic E-state index is -4.41. The summed E-state index contributed by atoms with van der Waals surface area (Å²) >= 11 is -0.272. The first-order valence-corrected chi connectivity index (χ1v) is 6.74. The molecule has 110 valence electrons. The van der Waals surface area contributed by atoms with E-state index < -0.39 is 23.6 Å². The monoisotopic (exact) mass is 306 g/mol. The van der Waals surface area contributed by atoms with Crippen molar-refractivity contribution in [2.45, 2.75) is 29.0 Å². The second-order valence-electron chi connectivity index (χ2n) is 4.38. The molecule has 1 aromatic rings. The minimum absolute atomic E-state index is 0.0631. The summed E-state index contributed by atoms with van der Waals surface area (Å²) in [5.41, 5.74) is -4.30. The topological polar surface area (TPSA) is 61.4 Å². The highest BCUT2D eigenvalue weighted by Gasteiger charge is 2.32. The molecule has 1 aromatic carbocycles. The van der Waals surface area contributed by atoms with Crippen molar-refractivity contribution in [3.8, 4) is 0 Å².